The highest BCUT2D eigenvalue weighted by molar-refractivity contribution is 6.07. The number of carbonyl (C=O) groups excluding carboxylic acids is 1. The number of rotatable bonds is 4. The molecule has 3 aromatic carbocycles. The lowest BCUT2D eigenvalue weighted by molar-refractivity contribution is 0.0957. The molecule has 4 aromatic rings. The van der Waals surface area contributed by atoms with Crippen molar-refractivity contribution in [2.75, 3.05) is 0 Å². The van der Waals surface area contributed by atoms with Gasteiger partial charge in [0.15, 0.2) is 0 Å². The average molecular weight is 424 g/mol. The summed E-state index contributed by atoms with van der Waals surface area (Å²) in [7, 11) is 0. The molecule has 32 heavy (non-hydrogen) atoms. The Hall–Kier alpha value is -3.66. The van der Waals surface area contributed by atoms with Crippen molar-refractivity contribution < 1.29 is 4.79 Å². The minimum atomic E-state index is -0.218. The summed E-state index contributed by atoms with van der Waals surface area (Å²) in [5, 5.41) is 6.19. The first-order chi connectivity index (χ1) is 15.3. The van der Waals surface area contributed by atoms with Crippen LogP contribution in [0, 0.1) is 13.8 Å². The van der Waals surface area contributed by atoms with Crippen LogP contribution >= 0.6 is 0 Å². The van der Waals surface area contributed by atoms with E-state index in [-0.39, 0.29) is 11.3 Å². The fourth-order valence-corrected chi connectivity index (χ4v) is 4.07. The van der Waals surface area contributed by atoms with Crippen molar-refractivity contribution in [3.8, 4) is 5.69 Å². The maximum absolute atomic E-state index is 12.7. The number of aryl methyl sites for hydroxylation is 1. The molecule has 0 saturated heterocycles. The molecule has 0 unspecified atom stereocenters. The SMILES string of the molecule is Cc1cc(/C=N\NC(=O)c2cccc3ccccc23)c(C)n1-c1ccc(C(C)(C)C)cc1. The Labute approximate surface area is 189 Å². The van der Waals surface area contributed by atoms with Crippen molar-refractivity contribution in [2.24, 2.45) is 5.10 Å². The summed E-state index contributed by atoms with van der Waals surface area (Å²) < 4.78 is 2.21. The van der Waals surface area contributed by atoms with E-state index in [1.807, 2.05) is 42.5 Å². The van der Waals surface area contributed by atoms with Crippen molar-refractivity contribution in [3.05, 3.63) is 101 Å². The molecule has 1 N–H and O–H groups in total. The Kier molecular flexibility index (Phi) is 5.70. The van der Waals surface area contributed by atoms with E-state index in [4.69, 9.17) is 0 Å². The standard InChI is InChI=1S/C28H29N3O/c1-19-17-22(20(2)31(19)24-15-13-23(14-16-24)28(3,4)5)18-29-30-27(32)26-12-8-10-21-9-6-7-11-25(21)26/h6-18H,1-5H3,(H,30,32)/b29-18-. The lowest BCUT2D eigenvalue weighted by Gasteiger charge is -2.20. The van der Waals surface area contributed by atoms with Crippen LogP contribution in [0.5, 0.6) is 0 Å². The quantitative estimate of drug-likeness (QED) is 0.303. The molecule has 0 saturated carbocycles. The van der Waals surface area contributed by atoms with Gasteiger partial charge in [-0.2, -0.15) is 5.10 Å². The number of aromatic nitrogens is 1. The monoisotopic (exact) mass is 423 g/mol. The van der Waals surface area contributed by atoms with Crippen LogP contribution in [0.15, 0.2) is 77.9 Å². The van der Waals surface area contributed by atoms with E-state index < -0.39 is 0 Å². The molecule has 0 radical (unpaired) electrons. The predicted octanol–water partition coefficient (Wildman–Crippen LogP) is 6.31. The summed E-state index contributed by atoms with van der Waals surface area (Å²) >= 11 is 0. The Bertz CT molecular complexity index is 1300. The molecule has 0 atom stereocenters. The van der Waals surface area contributed by atoms with E-state index in [1.165, 1.54) is 5.56 Å². The van der Waals surface area contributed by atoms with Crippen molar-refractivity contribution in [2.45, 2.75) is 40.0 Å². The second-order valence-electron chi connectivity index (χ2n) is 9.18. The molecule has 0 spiro atoms. The maximum Gasteiger partial charge on any atom is 0.271 e. The molecule has 0 fully saturated rings. The summed E-state index contributed by atoms with van der Waals surface area (Å²) in [5.74, 6) is -0.218. The van der Waals surface area contributed by atoms with Gasteiger partial charge in [0.1, 0.15) is 0 Å². The number of hydrogen-bond acceptors (Lipinski definition) is 2. The third kappa shape index (κ3) is 4.22. The molecule has 0 aliphatic heterocycles. The minimum absolute atomic E-state index is 0.124. The van der Waals surface area contributed by atoms with Gasteiger partial charge in [-0.3, -0.25) is 4.79 Å². The van der Waals surface area contributed by atoms with E-state index in [2.05, 4.69) is 80.0 Å². The highest BCUT2D eigenvalue weighted by Gasteiger charge is 2.15. The smallest absolute Gasteiger partial charge is 0.271 e. The zero-order valence-electron chi connectivity index (χ0n) is 19.3. The van der Waals surface area contributed by atoms with E-state index >= 15 is 0 Å². The molecule has 4 heteroatoms. The average Bonchev–Trinajstić information content (AvgIpc) is 3.05. The van der Waals surface area contributed by atoms with E-state index in [0.29, 0.717) is 5.56 Å². The molecule has 1 amide bonds. The molecular weight excluding hydrogens is 394 g/mol. The van der Waals surface area contributed by atoms with Gasteiger partial charge in [-0.15, -0.1) is 0 Å². The van der Waals surface area contributed by atoms with Crippen LogP contribution in [0.2, 0.25) is 0 Å². The molecule has 4 nitrogen and oxygen atoms in total. The van der Waals surface area contributed by atoms with E-state index in [1.54, 1.807) is 6.21 Å². The highest BCUT2D eigenvalue weighted by Crippen LogP contribution is 2.25. The highest BCUT2D eigenvalue weighted by atomic mass is 16.2. The van der Waals surface area contributed by atoms with E-state index in [0.717, 1.165) is 33.4 Å². The van der Waals surface area contributed by atoms with Crippen molar-refractivity contribution in [1.82, 2.24) is 9.99 Å². The Morgan fingerprint density at radius 1 is 0.938 bits per heavy atom. The number of carbonyl (C=O) groups is 1. The fraction of sp³-hybridized carbons (Fsp3) is 0.214. The molecule has 1 aromatic heterocycles. The second-order valence-corrected chi connectivity index (χ2v) is 9.18. The van der Waals surface area contributed by atoms with Crippen LogP contribution in [0.4, 0.5) is 0 Å². The van der Waals surface area contributed by atoms with Crippen LogP contribution in [0.1, 0.15) is 53.6 Å². The number of hydrazone groups is 1. The molecule has 4 rings (SSSR count). The van der Waals surface area contributed by atoms with Crippen LogP contribution in [0.25, 0.3) is 16.5 Å². The zero-order valence-corrected chi connectivity index (χ0v) is 19.3. The third-order valence-electron chi connectivity index (χ3n) is 5.87. The number of nitrogens with one attached hydrogen (secondary N) is 1. The van der Waals surface area contributed by atoms with Crippen molar-refractivity contribution in [1.29, 1.82) is 0 Å². The van der Waals surface area contributed by atoms with Gasteiger partial charge >= 0.3 is 0 Å². The molecular formula is C28H29N3O. The van der Waals surface area contributed by atoms with Gasteiger partial charge in [-0.1, -0.05) is 69.3 Å². The first kappa shape index (κ1) is 21.6. The lowest BCUT2D eigenvalue weighted by atomic mass is 9.87. The first-order valence-corrected chi connectivity index (χ1v) is 10.9. The van der Waals surface area contributed by atoms with Gasteiger partial charge in [-0.05, 0) is 59.9 Å². The van der Waals surface area contributed by atoms with Crippen LogP contribution in [-0.2, 0) is 5.41 Å². The molecule has 0 aliphatic rings. The number of nitrogens with zero attached hydrogens (tertiary/aromatic N) is 2. The molecule has 162 valence electrons. The second kappa shape index (κ2) is 8.46. The van der Waals surface area contributed by atoms with Crippen molar-refractivity contribution in [3.63, 3.8) is 0 Å². The van der Waals surface area contributed by atoms with Crippen LogP contribution < -0.4 is 5.43 Å². The number of amides is 1. The zero-order chi connectivity index (χ0) is 22.9. The Balaban J connectivity index is 1.55. The Morgan fingerprint density at radius 2 is 1.62 bits per heavy atom. The van der Waals surface area contributed by atoms with Crippen LogP contribution in [0.3, 0.4) is 0 Å². The van der Waals surface area contributed by atoms with E-state index in [9.17, 15) is 4.79 Å². The summed E-state index contributed by atoms with van der Waals surface area (Å²) in [6.45, 7) is 10.8. The topological polar surface area (TPSA) is 46.4 Å². The van der Waals surface area contributed by atoms with Crippen molar-refractivity contribution >= 4 is 22.9 Å². The largest absolute Gasteiger partial charge is 0.318 e. The first-order valence-electron chi connectivity index (χ1n) is 10.9. The maximum atomic E-state index is 12.7. The number of benzene rings is 3. The molecule has 0 aliphatic carbocycles. The normalized spacial score (nSPS) is 11.9. The molecule has 1 heterocycles. The Morgan fingerprint density at radius 3 is 2.34 bits per heavy atom. The van der Waals surface area contributed by atoms with Gasteiger partial charge < -0.3 is 4.57 Å². The van der Waals surface area contributed by atoms with Gasteiger partial charge in [-0.25, -0.2) is 5.43 Å². The summed E-state index contributed by atoms with van der Waals surface area (Å²) in [5.41, 5.74) is 9.01. The summed E-state index contributed by atoms with van der Waals surface area (Å²) in [4.78, 5) is 12.7. The van der Waals surface area contributed by atoms with Gasteiger partial charge in [0.2, 0.25) is 0 Å². The van der Waals surface area contributed by atoms with Gasteiger partial charge in [0.25, 0.3) is 5.91 Å². The summed E-state index contributed by atoms with van der Waals surface area (Å²) in [6, 6.07) is 24.3. The molecule has 0 bridgehead atoms. The minimum Gasteiger partial charge on any atom is -0.318 e. The number of fused-ring (bicyclic) bond motifs is 1. The summed E-state index contributed by atoms with van der Waals surface area (Å²) in [6.07, 6.45) is 1.71. The fourth-order valence-electron chi connectivity index (χ4n) is 4.07. The lowest BCUT2D eigenvalue weighted by Crippen LogP contribution is -2.18. The van der Waals surface area contributed by atoms with Gasteiger partial charge in [0, 0.05) is 28.2 Å². The third-order valence-corrected chi connectivity index (χ3v) is 5.87. The predicted molar refractivity (Wildman–Crippen MR) is 133 cm³/mol. The number of hydrogen-bond donors (Lipinski definition) is 1. The van der Waals surface area contributed by atoms with Crippen LogP contribution in [-0.4, -0.2) is 16.7 Å². The van der Waals surface area contributed by atoms with Gasteiger partial charge in [0.05, 0.1) is 6.21 Å².